The molecule has 1 aromatic carbocycles. The van der Waals surface area contributed by atoms with Crippen molar-refractivity contribution >= 4 is 17.3 Å². The molecule has 0 aromatic heterocycles. The van der Waals surface area contributed by atoms with Gasteiger partial charge < -0.3 is 21.1 Å². The SMILES string of the molecule is CN1CCCC(Nc2cc(C(=O)O)ccc2N)C1. The van der Waals surface area contributed by atoms with Crippen LogP contribution in [0, 0.1) is 0 Å². The number of hydrogen-bond donors (Lipinski definition) is 3. The average Bonchev–Trinajstić information content (AvgIpc) is 2.31. The zero-order chi connectivity index (χ0) is 13.1. The van der Waals surface area contributed by atoms with E-state index in [0.717, 1.165) is 31.6 Å². The van der Waals surface area contributed by atoms with Gasteiger partial charge in [0.05, 0.1) is 16.9 Å². The molecule has 0 bridgehead atoms. The Bertz CT molecular complexity index is 448. The zero-order valence-corrected chi connectivity index (χ0v) is 10.5. The van der Waals surface area contributed by atoms with E-state index in [0.29, 0.717) is 11.7 Å². The van der Waals surface area contributed by atoms with Crippen molar-refractivity contribution in [3.8, 4) is 0 Å². The number of carboxylic acids is 1. The Balaban J connectivity index is 2.12. The molecule has 1 atom stereocenters. The fourth-order valence-electron chi connectivity index (χ4n) is 2.32. The Labute approximate surface area is 107 Å². The van der Waals surface area contributed by atoms with Crippen LogP contribution < -0.4 is 11.1 Å². The number of likely N-dealkylation sites (N-methyl/N-ethyl adjacent to an activating group) is 1. The van der Waals surface area contributed by atoms with E-state index in [1.54, 1.807) is 12.1 Å². The predicted octanol–water partition coefficient (Wildman–Crippen LogP) is 1.47. The minimum Gasteiger partial charge on any atom is -0.478 e. The smallest absolute Gasteiger partial charge is 0.335 e. The van der Waals surface area contributed by atoms with Crippen LogP contribution in [0.3, 0.4) is 0 Å². The van der Waals surface area contributed by atoms with Gasteiger partial charge in [-0.05, 0) is 44.6 Å². The number of carbonyl (C=O) groups is 1. The van der Waals surface area contributed by atoms with Gasteiger partial charge in [-0.25, -0.2) is 4.79 Å². The molecule has 18 heavy (non-hydrogen) atoms. The maximum absolute atomic E-state index is 10.9. The van der Waals surface area contributed by atoms with Gasteiger partial charge in [0, 0.05) is 12.6 Å². The molecule has 1 aliphatic heterocycles. The second-order valence-electron chi connectivity index (χ2n) is 4.85. The highest BCUT2D eigenvalue weighted by atomic mass is 16.4. The van der Waals surface area contributed by atoms with Gasteiger partial charge in [0.2, 0.25) is 0 Å². The lowest BCUT2D eigenvalue weighted by molar-refractivity contribution is 0.0697. The van der Waals surface area contributed by atoms with E-state index in [4.69, 9.17) is 10.8 Å². The number of nitrogens with one attached hydrogen (secondary N) is 1. The number of benzene rings is 1. The molecule has 98 valence electrons. The quantitative estimate of drug-likeness (QED) is 0.707. The second kappa shape index (κ2) is 5.27. The Kier molecular flexibility index (Phi) is 3.72. The summed E-state index contributed by atoms with van der Waals surface area (Å²) in [5.41, 5.74) is 7.44. The lowest BCUT2D eigenvalue weighted by Gasteiger charge is -2.31. The lowest BCUT2D eigenvalue weighted by atomic mass is 10.1. The summed E-state index contributed by atoms with van der Waals surface area (Å²) in [6, 6.07) is 5.09. The molecule has 0 saturated carbocycles. The first-order chi connectivity index (χ1) is 8.56. The molecule has 0 spiro atoms. The molecule has 4 N–H and O–H groups in total. The largest absolute Gasteiger partial charge is 0.478 e. The molecule has 1 saturated heterocycles. The molecule has 1 fully saturated rings. The Morgan fingerprint density at radius 1 is 1.56 bits per heavy atom. The van der Waals surface area contributed by atoms with Crippen molar-refractivity contribution in [3.63, 3.8) is 0 Å². The number of carboxylic acid groups (broad SMARTS) is 1. The molecule has 0 radical (unpaired) electrons. The first-order valence-electron chi connectivity index (χ1n) is 6.14. The Hall–Kier alpha value is -1.75. The molecule has 1 aliphatic rings. The van der Waals surface area contributed by atoms with Gasteiger partial charge in [-0.3, -0.25) is 0 Å². The van der Waals surface area contributed by atoms with Crippen molar-refractivity contribution in [2.24, 2.45) is 0 Å². The summed E-state index contributed by atoms with van der Waals surface area (Å²) in [5, 5.41) is 12.3. The average molecular weight is 249 g/mol. The van der Waals surface area contributed by atoms with Gasteiger partial charge in [-0.15, -0.1) is 0 Å². The lowest BCUT2D eigenvalue weighted by Crippen LogP contribution is -2.39. The number of piperidine rings is 1. The zero-order valence-electron chi connectivity index (χ0n) is 10.5. The molecule has 5 heteroatoms. The van der Waals surface area contributed by atoms with Crippen molar-refractivity contribution in [2.45, 2.75) is 18.9 Å². The van der Waals surface area contributed by atoms with Gasteiger partial charge in [-0.1, -0.05) is 0 Å². The number of hydrogen-bond acceptors (Lipinski definition) is 4. The number of nitrogens with two attached hydrogens (primary N) is 1. The molecule has 1 unspecified atom stereocenters. The van der Waals surface area contributed by atoms with E-state index >= 15 is 0 Å². The fourth-order valence-corrected chi connectivity index (χ4v) is 2.32. The summed E-state index contributed by atoms with van der Waals surface area (Å²) < 4.78 is 0. The maximum Gasteiger partial charge on any atom is 0.335 e. The van der Waals surface area contributed by atoms with Crippen molar-refractivity contribution < 1.29 is 9.90 Å². The van der Waals surface area contributed by atoms with Crippen LogP contribution >= 0.6 is 0 Å². The van der Waals surface area contributed by atoms with Crippen LogP contribution in [0.2, 0.25) is 0 Å². The Morgan fingerprint density at radius 2 is 2.33 bits per heavy atom. The van der Waals surface area contributed by atoms with E-state index in [2.05, 4.69) is 17.3 Å². The summed E-state index contributed by atoms with van der Waals surface area (Å²) in [6.45, 7) is 2.07. The molecule has 5 nitrogen and oxygen atoms in total. The van der Waals surface area contributed by atoms with Gasteiger partial charge in [-0.2, -0.15) is 0 Å². The summed E-state index contributed by atoms with van der Waals surface area (Å²) in [7, 11) is 2.09. The van der Waals surface area contributed by atoms with Crippen LogP contribution in [0.5, 0.6) is 0 Å². The summed E-state index contributed by atoms with van der Waals surface area (Å²) in [5.74, 6) is -0.932. The van der Waals surface area contributed by atoms with Crippen molar-refractivity contribution in [2.75, 3.05) is 31.2 Å². The van der Waals surface area contributed by atoms with Crippen molar-refractivity contribution in [1.82, 2.24) is 4.90 Å². The minimum absolute atomic E-state index is 0.260. The molecule has 2 rings (SSSR count). The standard InChI is InChI=1S/C13H19N3O2/c1-16-6-2-3-10(8-16)15-12-7-9(13(17)18)4-5-11(12)14/h4-5,7,10,15H,2-3,6,8,14H2,1H3,(H,17,18). The third-order valence-electron chi connectivity index (χ3n) is 3.28. The number of nitrogen functional groups attached to an aromatic ring is 1. The summed E-state index contributed by atoms with van der Waals surface area (Å²) in [4.78, 5) is 13.2. The fraction of sp³-hybridized carbons (Fsp3) is 0.462. The van der Waals surface area contributed by atoms with E-state index in [9.17, 15) is 4.79 Å². The van der Waals surface area contributed by atoms with Crippen LogP contribution in [0.25, 0.3) is 0 Å². The monoisotopic (exact) mass is 249 g/mol. The van der Waals surface area contributed by atoms with Crippen LogP contribution in [0.4, 0.5) is 11.4 Å². The van der Waals surface area contributed by atoms with Crippen LogP contribution in [0.1, 0.15) is 23.2 Å². The number of aromatic carboxylic acids is 1. The van der Waals surface area contributed by atoms with Gasteiger partial charge >= 0.3 is 5.97 Å². The first kappa shape index (κ1) is 12.7. The first-order valence-corrected chi connectivity index (χ1v) is 6.14. The third kappa shape index (κ3) is 2.92. The normalized spacial score (nSPS) is 20.6. The number of nitrogens with zero attached hydrogens (tertiary/aromatic N) is 1. The topological polar surface area (TPSA) is 78.6 Å². The Morgan fingerprint density at radius 3 is 3.00 bits per heavy atom. The van der Waals surface area contributed by atoms with Gasteiger partial charge in [0.15, 0.2) is 0 Å². The number of likely N-dealkylation sites (tertiary alicyclic amines) is 1. The van der Waals surface area contributed by atoms with E-state index in [1.807, 2.05) is 0 Å². The van der Waals surface area contributed by atoms with Crippen molar-refractivity contribution in [1.29, 1.82) is 0 Å². The molecule has 0 amide bonds. The third-order valence-corrected chi connectivity index (χ3v) is 3.28. The molecule has 1 aromatic rings. The van der Waals surface area contributed by atoms with E-state index in [-0.39, 0.29) is 5.56 Å². The highest BCUT2D eigenvalue weighted by Gasteiger charge is 2.18. The number of rotatable bonds is 3. The maximum atomic E-state index is 10.9. The van der Waals surface area contributed by atoms with Crippen LogP contribution in [0.15, 0.2) is 18.2 Å². The minimum atomic E-state index is -0.932. The summed E-state index contributed by atoms with van der Waals surface area (Å²) in [6.07, 6.45) is 2.23. The van der Waals surface area contributed by atoms with Crippen LogP contribution in [-0.4, -0.2) is 42.2 Å². The number of anilines is 2. The molecular formula is C13H19N3O2. The molecular weight excluding hydrogens is 230 g/mol. The predicted molar refractivity (Wildman–Crippen MR) is 72.0 cm³/mol. The van der Waals surface area contributed by atoms with Crippen molar-refractivity contribution in [3.05, 3.63) is 23.8 Å². The van der Waals surface area contributed by atoms with E-state index in [1.165, 1.54) is 6.07 Å². The molecule has 0 aliphatic carbocycles. The van der Waals surface area contributed by atoms with Gasteiger partial charge in [0.1, 0.15) is 0 Å². The molecule has 1 heterocycles. The van der Waals surface area contributed by atoms with Crippen LogP contribution in [-0.2, 0) is 0 Å². The second-order valence-corrected chi connectivity index (χ2v) is 4.85. The highest BCUT2D eigenvalue weighted by Crippen LogP contribution is 2.23. The van der Waals surface area contributed by atoms with E-state index < -0.39 is 5.97 Å². The highest BCUT2D eigenvalue weighted by molar-refractivity contribution is 5.90. The summed E-state index contributed by atoms with van der Waals surface area (Å²) >= 11 is 0. The van der Waals surface area contributed by atoms with Gasteiger partial charge in [0.25, 0.3) is 0 Å².